The lowest BCUT2D eigenvalue weighted by atomic mass is 10.1. The average molecular weight is 376 g/mol. The Morgan fingerprint density at radius 3 is 2.48 bits per heavy atom. The monoisotopic (exact) mass is 375 g/mol. The van der Waals surface area contributed by atoms with Gasteiger partial charge in [-0.05, 0) is 48.5 Å². The molecule has 0 bridgehead atoms. The lowest BCUT2D eigenvalue weighted by Crippen LogP contribution is -2.06. The first-order valence-corrected chi connectivity index (χ1v) is 8.72. The van der Waals surface area contributed by atoms with Crippen LogP contribution in [-0.4, -0.2) is 23.4 Å². The molecule has 0 saturated carbocycles. The minimum absolute atomic E-state index is 0.549. The molecular formula is C19H19Cl2N3O. The highest BCUT2D eigenvalue weighted by molar-refractivity contribution is 6.35. The van der Waals surface area contributed by atoms with Crippen LogP contribution in [0.15, 0.2) is 48.5 Å². The van der Waals surface area contributed by atoms with E-state index in [1.165, 1.54) is 0 Å². The fourth-order valence-electron chi connectivity index (χ4n) is 2.69. The van der Waals surface area contributed by atoms with E-state index in [0.717, 1.165) is 34.8 Å². The van der Waals surface area contributed by atoms with E-state index in [1.54, 1.807) is 13.2 Å². The fraction of sp³-hybridized carbons (Fsp3) is 0.211. The van der Waals surface area contributed by atoms with Gasteiger partial charge in [0.25, 0.3) is 0 Å². The van der Waals surface area contributed by atoms with Crippen LogP contribution in [-0.2, 0) is 12.8 Å². The van der Waals surface area contributed by atoms with Gasteiger partial charge in [-0.15, -0.1) is 0 Å². The van der Waals surface area contributed by atoms with E-state index in [-0.39, 0.29) is 0 Å². The van der Waals surface area contributed by atoms with E-state index >= 15 is 0 Å². The minimum atomic E-state index is 0.549. The number of nitrogens with two attached hydrogens (primary N) is 1. The largest absolute Gasteiger partial charge is 0.497 e. The highest BCUT2D eigenvalue weighted by Crippen LogP contribution is 2.26. The molecule has 1 heterocycles. The van der Waals surface area contributed by atoms with Crippen molar-refractivity contribution in [1.29, 1.82) is 0 Å². The van der Waals surface area contributed by atoms with Gasteiger partial charge in [-0.25, -0.2) is 4.68 Å². The quantitative estimate of drug-likeness (QED) is 0.699. The molecule has 4 nitrogen and oxygen atoms in total. The van der Waals surface area contributed by atoms with Crippen molar-refractivity contribution in [3.63, 3.8) is 0 Å². The van der Waals surface area contributed by atoms with Gasteiger partial charge < -0.3 is 10.5 Å². The first-order valence-electron chi connectivity index (χ1n) is 7.97. The summed E-state index contributed by atoms with van der Waals surface area (Å²) >= 11 is 12.4. The van der Waals surface area contributed by atoms with Gasteiger partial charge in [0.2, 0.25) is 0 Å². The minimum Gasteiger partial charge on any atom is -0.497 e. The summed E-state index contributed by atoms with van der Waals surface area (Å²) in [5.74, 6) is 0.835. The van der Waals surface area contributed by atoms with Crippen LogP contribution < -0.4 is 10.5 Å². The van der Waals surface area contributed by atoms with Crippen molar-refractivity contribution in [2.75, 3.05) is 13.7 Å². The summed E-state index contributed by atoms with van der Waals surface area (Å²) in [4.78, 5) is 0. The molecule has 0 radical (unpaired) electrons. The van der Waals surface area contributed by atoms with Crippen LogP contribution in [0, 0.1) is 0 Å². The number of aromatic nitrogens is 2. The van der Waals surface area contributed by atoms with Crippen LogP contribution in [0.2, 0.25) is 10.0 Å². The number of halogens is 2. The van der Waals surface area contributed by atoms with Gasteiger partial charge in [0.05, 0.1) is 23.5 Å². The van der Waals surface area contributed by atoms with E-state index in [9.17, 15) is 0 Å². The molecule has 2 N–H and O–H groups in total. The molecule has 25 heavy (non-hydrogen) atoms. The second-order valence-corrected chi connectivity index (χ2v) is 6.54. The molecule has 6 heteroatoms. The molecule has 0 amide bonds. The number of ether oxygens (including phenoxy) is 1. The Morgan fingerprint density at radius 2 is 1.84 bits per heavy atom. The van der Waals surface area contributed by atoms with E-state index in [4.69, 9.17) is 33.7 Å². The maximum atomic E-state index is 6.38. The Morgan fingerprint density at radius 1 is 1.08 bits per heavy atom. The number of hydrogen-bond acceptors (Lipinski definition) is 3. The Hall–Kier alpha value is -2.01. The molecule has 0 saturated heterocycles. The van der Waals surface area contributed by atoms with Gasteiger partial charge in [0.15, 0.2) is 0 Å². The highest BCUT2D eigenvalue weighted by Gasteiger charge is 2.13. The summed E-state index contributed by atoms with van der Waals surface area (Å²) in [7, 11) is 1.66. The summed E-state index contributed by atoms with van der Waals surface area (Å²) < 4.78 is 7.08. The predicted molar refractivity (Wildman–Crippen MR) is 102 cm³/mol. The molecule has 0 aliphatic heterocycles. The summed E-state index contributed by atoms with van der Waals surface area (Å²) in [6.45, 7) is 0.549. The molecule has 2 aromatic carbocycles. The standard InChI is InChI=1S/C19H19Cl2N3O/c1-25-17-5-2-13(3-6-17)10-16-12-15(8-9-22)23-24(16)19-7-4-14(20)11-18(19)21/h2-7,11-12H,8-10,22H2,1H3. The maximum Gasteiger partial charge on any atom is 0.118 e. The van der Waals surface area contributed by atoms with Crippen LogP contribution in [0.5, 0.6) is 5.75 Å². The lowest BCUT2D eigenvalue weighted by molar-refractivity contribution is 0.414. The van der Waals surface area contributed by atoms with Gasteiger partial charge >= 0.3 is 0 Å². The van der Waals surface area contributed by atoms with E-state index in [1.807, 2.05) is 41.1 Å². The lowest BCUT2D eigenvalue weighted by Gasteiger charge is -2.10. The van der Waals surface area contributed by atoms with Gasteiger partial charge in [-0.1, -0.05) is 35.3 Å². The zero-order valence-corrected chi connectivity index (χ0v) is 15.4. The Balaban J connectivity index is 1.99. The van der Waals surface area contributed by atoms with Gasteiger partial charge in [-0.3, -0.25) is 0 Å². The smallest absolute Gasteiger partial charge is 0.118 e. The molecule has 0 spiro atoms. The van der Waals surface area contributed by atoms with Crippen molar-refractivity contribution in [1.82, 2.24) is 9.78 Å². The summed E-state index contributed by atoms with van der Waals surface area (Å²) in [6.07, 6.45) is 1.44. The number of methoxy groups -OCH3 is 1. The van der Waals surface area contributed by atoms with Crippen molar-refractivity contribution < 1.29 is 4.74 Å². The van der Waals surface area contributed by atoms with Crippen molar-refractivity contribution in [2.24, 2.45) is 5.73 Å². The van der Waals surface area contributed by atoms with Crippen LogP contribution >= 0.6 is 23.2 Å². The molecule has 3 rings (SSSR count). The normalized spacial score (nSPS) is 10.9. The summed E-state index contributed by atoms with van der Waals surface area (Å²) in [5, 5.41) is 5.83. The van der Waals surface area contributed by atoms with Crippen molar-refractivity contribution in [2.45, 2.75) is 12.8 Å². The molecule has 3 aromatic rings. The summed E-state index contributed by atoms with van der Waals surface area (Å²) in [5.41, 5.74) is 9.63. The third-order valence-electron chi connectivity index (χ3n) is 3.92. The Labute approximate surface area is 157 Å². The Bertz CT molecular complexity index is 860. The highest BCUT2D eigenvalue weighted by atomic mass is 35.5. The maximum absolute atomic E-state index is 6.38. The second-order valence-electron chi connectivity index (χ2n) is 5.70. The fourth-order valence-corrected chi connectivity index (χ4v) is 3.17. The van der Waals surface area contributed by atoms with Crippen molar-refractivity contribution >= 4 is 23.2 Å². The third kappa shape index (κ3) is 4.15. The van der Waals surface area contributed by atoms with Crippen LogP contribution in [0.3, 0.4) is 0 Å². The predicted octanol–water partition coefficient (Wildman–Crippen LogP) is 4.28. The van der Waals surface area contributed by atoms with Crippen LogP contribution in [0.25, 0.3) is 5.69 Å². The molecule has 0 aliphatic carbocycles. The van der Waals surface area contributed by atoms with Crippen LogP contribution in [0.1, 0.15) is 17.0 Å². The number of hydrogen-bond donors (Lipinski definition) is 1. The molecule has 130 valence electrons. The number of benzene rings is 2. The molecule has 0 fully saturated rings. The van der Waals surface area contributed by atoms with E-state index in [2.05, 4.69) is 11.2 Å². The third-order valence-corrected chi connectivity index (χ3v) is 4.45. The average Bonchev–Trinajstić information content (AvgIpc) is 2.98. The molecule has 0 aliphatic rings. The van der Waals surface area contributed by atoms with E-state index in [0.29, 0.717) is 23.0 Å². The zero-order valence-electron chi connectivity index (χ0n) is 13.9. The summed E-state index contributed by atoms with van der Waals surface area (Å²) in [6, 6.07) is 15.5. The van der Waals surface area contributed by atoms with Crippen molar-refractivity contribution in [3.8, 4) is 11.4 Å². The molecule has 0 atom stereocenters. The van der Waals surface area contributed by atoms with Gasteiger partial charge in [0, 0.05) is 23.6 Å². The zero-order chi connectivity index (χ0) is 17.8. The SMILES string of the molecule is COc1ccc(Cc2cc(CCN)nn2-c2ccc(Cl)cc2Cl)cc1. The van der Waals surface area contributed by atoms with Gasteiger partial charge in [0.1, 0.15) is 5.75 Å². The first-order chi connectivity index (χ1) is 12.1. The number of rotatable bonds is 6. The molecule has 0 unspecified atom stereocenters. The van der Waals surface area contributed by atoms with Gasteiger partial charge in [-0.2, -0.15) is 5.10 Å². The number of nitrogens with zero attached hydrogens (tertiary/aromatic N) is 2. The van der Waals surface area contributed by atoms with E-state index < -0.39 is 0 Å². The second kappa shape index (κ2) is 7.91. The Kier molecular flexibility index (Phi) is 5.63. The van der Waals surface area contributed by atoms with Crippen molar-refractivity contribution in [3.05, 3.63) is 75.5 Å². The topological polar surface area (TPSA) is 53.1 Å². The first kappa shape index (κ1) is 17.8. The van der Waals surface area contributed by atoms with Crippen LogP contribution in [0.4, 0.5) is 0 Å². The molecular weight excluding hydrogens is 357 g/mol. The molecule has 1 aromatic heterocycles.